The van der Waals surface area contributed by atoms with Gasteiger partial charge in [-0.2, -0.15) is 4.31 Å². The van der Waals surface area contributed by atoms with Crippen molar-refractivity contribution in [3.8, 4) is 11.5 Å². The third kappa shape index (κ3) is 5.51. The van der Waals surface area contributed by atoms with Gasteiger partial charge in [-0.15, -0.1) is 0 Å². The number of rotatable bonds is 9. The van der Waals surface area contributed by atoms with Gasteiger partial charge in [-0.05, 0) is 56.5 Å². The molecule has 1 heterocycles. The molecule has 7 nitrogen and oxygen atoms in total. The fraction of sp³-hybridized carbons (Fsp3) is 0.520. The van der Waals surface area contributed by atoms with E-state index in [-0.39, 0.29) is 18.0 Å². The first-order valence-corrected chi connectivity index (χ1v) is 12.8. The number of benzene rings is 2. The van der Waals surface area contributed by atoms with E-state index in [0.717, 1.165) is 24.1 Å². The van der Waals surface area contributed by atoms with Crippen LogP contribution < -0.4 is 9.47 Å². The summed E-state index contributed by atoms with van der Waals surface area (Å²) in [6, 6.07) is 13.1. The quantitative estimate of drug-likeness (QED) is 0.596. The Balaban J connectivity index is 1.74. The summed E-state index contributed by atoms with van der Waals surface area (Å²) in [4.78, 5) is 2.45. The summed E-state index contributed by atoms with van der Waals surface area (Å²) in [6.07, 6.45) is 1.75. The zero-order valence-corrected chi connectivity index (χ0v) is 21.1. The second-order valence-corrected chi connectivity index (χ2v) is 10.8. The highest BCUT2D eigenvalue weighted by molar-refractivity contribution is 7.89. The third-order valence-electron chi connectivity index (χ3n) is 6.78. The lowest BCUT2D eigenvalue weighted by molar-refractivity contribution is -0.00971. The minimum atomic E-state index is -3.71. The standard InChI is InChI=1S/C25H36N2O5S/c1-6-19(2)26(3)18-20-8-7-9-21(16-20)25(28)12-14-27(15-13-25)33(29,30)22-10-11-23(31-4)24(17-22)32-5/h7-11,16-17,19,28H,6,12-15,18H2,1-5H3. The molecule has 1 aliphatic heterocycles. The van der Waals surface area contributed by atoms with E-state index in [1.54, 1.807) is 6.07 Å². The van der Waals surface area contributed by atoms with Crippen molar-refractivity contribution in [1.82, 2.24) is 9.21 Å². The molecule has 0 amide bonds. The molecule has 0 bridgehead atoms. The maximum absolute atomic E-state index is 13.2. The van der Waals surface area contributed by atoms with Crippen molar-refractivity contribution in [2.24, 2.45) is 0 Å². The number of hydrogen-bond acceptors (Lipinski definition) is 6. The van der Waals surface area contributed by atoms with Gasteiger partial charge in [0.25, 0.3) is 0 Å². The lowest BCUT2D eigenvalue weighted by Gasteiger charge is -2.38. The summed E-state index contributed by atoms with van der Waals surface area (Å²) >= 11 is 0. The summed E-state index contributed by atoms with van der Waals surface area (Å²) in [6.45, 7) is 5.66. The first-order valence-electron chi connectivity index (χ1n) is 11.4. The van der Waals surface area contributed by atoms with Gasteiger partial charge in [0.2, 0.25) is 10.0 Å². The Hall–Kier alpha value is -2.13. The summed E-state index contributed by atoms with van der Waals surface area (Å²) in [5.74, 6) is 0.842. The van der Waals surface area contributed by atoms with Crippen LogP contribution in [0.1, 0.15) is 44.2 Å². The molecular weight excluding hydrogens is 440 g/mol. The fourth-order valence-corrected chi connectivity index (χ4v) is 5.68. The highest BCUT2D eigenvalue weighted by Crippen LogP contribution is 2.36. The van der Waals surface area contributed by atoms with Gasteiger partial charge in [0, 0.05) is 31.7 Å². The summed E-state index contributed by atoms with van der Waals surface area (Å²) in [7, 11) is 1.38. The molecule has 1 aliphatic rings. The van der Waals surface area contributed by atoms with Crippen LogP contribution in [0.3, 0.4) is 0 Å². The van der Waals surface area contributed by atoms with Crippen molar-refractivity contribution in [2.75, 3.05) is 34.4 Å². The second-order valence-electron chi connectivity index (χ2n) is 8.83. The largest absolute Gasteiger partial charge is 0.493 e. The predicted octanol–water partition coefficient (Wildman–Crippen LogP) is 3.61. The monoisotopic (exact) mass is 476 g/mol. The van der Waals surface area contributed by atoms with Crippen LogP contribution in [0.25, 0.3) is 0 Å². The van der Waals surface area contributed by atoms with Gasteiger partial charge < -0.3 is 14.6 Å². The zero-order valence-electron chi connectivity index (χ0n) is 20.2. The van der Waals surface area contributed by atoms with Gasteiger partial charge in [-0.1, -0.05) is 31.2 Å². The van der Waals surface area contributed by atoms with E-state index in [1.807, 2.05) is 12.1 Å². The molecule has 2 aromatic carbocycles. The molecule has 0 aliphatic carbocycles. The molecule has 2 aromatic rings. The van der Waals surface area contributed by atoms with E-state index in [1.165, 1.54) is 30.7 Å². The maximum atomic E-state index is 13.2. The van der Waals surface area contributed by atoms with Crippen molar-refractivity contribution in [1.29, 1.82) is 0 Å². The van der Waals surface area contributed by atoms with E-state index in [9.17, 15) is 13.5 Å². The second kappa shape index (κ2) is 10.4. The molecule has 182 valence electrons. The Kier molecular flexibility index (Phi) is 8.05. The molecule has 0 saturated carbocycles. The van der Waals surface area contributed by atoms with Gasteiger partial charge >= 0.3 is 0 Å². The lowest BCUT2D eigenvalue weighted by Crippen LogP contribution is -2.45. The van der Waals surface area contributed by atoms with Crippen molar-refractivity contribution in [3.63, 3.8) is 0 Å². The number of methoxy groups -OCH3 is 2. The van der Waals surface area contributed by atoms with Crippen LogP contribution in [0.15, 0.2) is 47.4 Å². The highest BCUT2D eigenvalue weighted by atomic mass is 32.2. The number of hydrogen-bond donors (Lipinski definition) is 1. The number of nitrogens with zero attached hydrogens (tertiary/aromatic N) is 2. The highest BCUT2D eigenvalue weighted by Gasteiger charge is 2.38. The van der Waals surface area contributed by atoms with E-state index < -0.39 is 15.6 Å². The third-order valence-corrected chi connectivity index (χ3v) is 8.68. The summed E-state index contributed by atoms with van der Waals surface area (Å²) in [5, 5.41) is 11.4. The zero-order chi connectivity index (χ0) is 24.2. The maximum Gasteiger partial charge on any atom is 0.243 e. The Labute approximate surface area is 198 Å². The average Bonchev–Trinajstić information content (AvgIpc) is 2.83. The van der Waals surface area contributed by atoms with Gasteiger partial charge in [0.15, 0.2) is 11.5 Å². The normalized spacial score (nSPS) is 17.7. The van der Waals surface area contributed by atoms with Crippen LogP contribution in [-0.2, 0) is 22.2 Å². The Morgan fingerprint density at radius 2 is 1.76 bits per heavy atom. The molecule has 8 heteroatoms. The Bertz CT molecular complexity index is 1050. The van der Waals surface area contributed by atoms with Crippen LogP contribution in [-0.4, -0.2) is 63.1 Å². The smallest absolute Gasteiger partial charge is 0.243 e. The minimum Gasteiger partial charge on any atom is -0.493 e. The van der Waals surface area contributed by atoms with Gasteiger partial charge in [-0.25, -0.2) is 8.42 Å². The first kappa shape index (κ1) is 25.5. The van der Waals surface area contributed by atoms with Crippen molar-refractivity contribution >= 4 is 10.0 Å². The molecule has 0 radical (unpaired) electrons. The topological polar surface area (TPSA) is 79.3 Å². The van der Waals surface area contributed by atoms with Crippen molar-refractivity contribution in [2.45, 2.75) is 56.2 Å². The van der Waals surface area contributed by atoms with Crippen LogP contribution >= 0.6 is 0 Å². The summed E-state index contributed by atoms with van der Waals surface area (Å²) < 4.78 is 38.3. The number of ether oxygens (including phenoxy) is 2. The number of piperidine rings is 1. The predicted molar refractivity (Wildman–Crippen MR) is 129 cm³/mol. The van der Waals surface area contributed by atoms with Crippen LogP contribution in [0.5, 0.6) is 11.5 Å². The molecule has 1 saturated heterocycles. The van der Waals surface area contributed by atoms with Crippen LogP contribution in [0.4, 0.5) is 0 Å². The Morgan fingerprint density at radius 3 is 2.36 bits per heavy atom. The summed E-state index contributed by atoms with van der Waals surface area (Å²) in [5.41, 5.74) is 0.944. The average molecular weight is 477 g/mol. The number of aliphatic hydroxyl groups is 1. The molecule has 33 heavy (non-hydrogen) atoms. The molecular formula is C25H36N2O5S. The fourth-order valence-electron chi connectivity index (χ4n) is 4.23. The van der Waals surface area contributed by atoms with Crippen molar-refractivity contribution < 1.29 is 23.0 Å². The van der Waals surface area contributed by atoms with Gasteiger partial charge in [-0.3, -0.25) is 4.90 Å². The Morgan fingerprint density at radius 1 is 1.09 bits per heavy atom. The SMILES string of the molecule is CCC(C)N(C)Cc1cccc(C2(O)CCN(S(=O)(=O)c3ccc(OC)c(OC)c3)CC2)c1. The van der Waals surface area contributed by atoms with E-state index in [4.69, 9.17) is 9.47 Å². The van der Waals surface area contributed by atoms with E-state index in [2.05, 4.69) is 37.9 Å². The first-order chi connectivity index (χ1) is 15.6. The number of sulfonamides is 1. The molecule has 1 fully saturated rings. The molecule has 1 N–H and O–H groups in total. The van der Waals surface area contributed by atoms with Gasteiger partial charge in [0.05, 0.1) is 24.7 Å². The van der Waals surface area contributed by atoms with Crippen molar-refractivity contribution in [3.05, 3.63) is 53.6 Å². The molecule has 3 rings (SSSR count). The molecule has 1 atom stereocenters. The van der Waals surface area contributed by atoms with E-state index in [0.29, 0.717) is 30.4 Å². The molecule has 0 spiro atoms. The lowest BCUT2D eigenvalue weighted by atomic mass is 9.84. The minimum absolute atomic E-state index is 0.153. The van der Waals surface area contributed by atoms with Gasteiger partial charge in [0.1, 0.15) is 0 Å². The van der Waals surface area contributed by atoms with E-state index >= 15 is 0 Å². The van der Waals surface area contributed by atoms with Crippen LogP contribution in [0, 0.1) is 0 Å². The van der Waals surface area contributed by atoms with Crippen LogP contribution in [0.2, 0.25) is 0 Å². The molecule has 0 aromatic heterocycles. The molecule has 1 unspecified atom stereocenters.